The minimum Gasteiger partial charge on any atom is -0.449 e. The number of aryl methyl sites for hydroxylation is 1. The minimum atomic E-state index is -3.66. The van der Waals surface area contributed by atoms with Crippen LogP contribution in [0.2, 0.25) is 0 Å². The quantitative estimate of drug-likeness (QED) is 0.640. The molecule has 1 aromatic rings. The fourth-order valence-corrected chi connectivity index (χ4v) is 2.04. The lowest BCUT2D eigenvalue weighted by Crippen LogP contribution is -2.11. The van der Waals surface area contributed by atoms with Gasteiger partial charge in [0.1, 0.15) is 0 Å². The largest absolute Gasteiger partial charge is 0.449 e. The smallest absolute Gasteiger partial charge is 0.238 e. The van der Waals surface area contributed by atoms with Gasteiger partial charge in [0, 0.05) is 17.5 Å². The number of benzene rings is 1. The number of alkyl halides is 1. The molecule has 0 aliphatic carbocycles. The van der Waals surface area contributed by atoms with Gasteiger partial charge >= 0.3 is 0 Å². The first kappa shape index (κ1) is 9.76. The maximum absolute atomic E-state index is 11.1. The van der Waals surface area contributed by atoms with Crippen LogP contribution in [0.5, 0.6) is 11.5 Å². The zero-order valence-corrected chi connectivity index (χ0v) is 8.73. The molecule has 1 aliphatic heterocycles. The third kappa shape index (κ3) is 1.70. The molecule has 4 nitrogen and oxygen atoms in total. The van der Waals surface area contributed by atoms with Crippen molar-refractivity contribution in [3.63, 3.8) is 0 Å². The summed E-state index contributed by atoms with van der Waals surface area (Å²) >= 11 is 5.56. The molecule has 0 unspecified atom stereocenters. The molecular formula is C8H8ClNO3S. The van der Waals surface area contributed by atoms with E-state index in [1.54, 1.807) is 0 Å². The highest BCUT2D eigenvalue weighted by Crippen LogP contribution is 2.49. The first-order valence-corrected chi connectivity index (χ1v) is 6.04. The summed E-state index contributed by atoms with van der Waals surface area (Å²) in [7, 11) is -3.66. The van der Waals surface area contributed by atoms with Crippen molar-refractivity contribution >= 4 is 21.6 Å². The highest BCUT2D eigenvalue weighted by molar-refractivity contribution is 7.89. The van der Waals surface area contributed by atoms with Gasteiger partial charge in [-0.2, -0.15) is 0 Å². The van der Waals surface area contributed by atoms with Gasteiger partial charge in [0.25, 0.3) is 0 Å². The highest BCUT2D eigenvalue weighted by Gasteiger charge is 2.27. The predicted octanol–water partition coefficient (Wildman–Crippen LogP) is 1.22. The summed E-state index contributed by atoms with van der Waals surface area (Å²) in [4.78, 5) is 0.0777. The molecule has 0 radical (unpaired) electrons. The molecule has 0 atom stereocenters. The van der Waals surface area contributed by atoms with Crippen molar-refractivity contribution in [3.8, 4) is 11.5 Å². The Bertz CT molecular complexity index is 484. The highest BCUT2D eigenvalue weighted by atomic mass is 35.5. The summed E-state index contributed by atoms with van der Waals surface area (Å²) in [6, 6.07) is 2.92. The van der Waals surface area contributed by atoms with E-state index in [4.69, 9.17) is 21.5 Å². The number of hydrogen-bond donors (Lipinski definition) is 1. The average Bonchev–Trinajstić information content (AvgIpc) is 2.81. The molecule has 2 N–H and O–H groups in total. The van der Waals surface area contributed by atoms with E-state index < -0.39 is 10.0 Å². The van der Waals surface area contributed by atoms with Gasteiger partial charge in [0.15, 0.2) is 11.5 Å². The normalized spacial score (nSPS) is 13.3. The molecule has 0 saturated heterocycles. The SMILES string of the molecule is NS(=O)(=O)c1cc(CCCl)c2c(c1)O2. The van der Waals surface area contributed by atoms with E-state index in [2.05, 4.69) is 0 Å². The molecule has 1 aromatic carbocycles. The van der Waals surface area contributed by atoms with Gasteiger partial charge < -0.3 is 4.74 Å². The number of primary sulfonamides is 1. The predicted molar refractivity (Wildman–Crippen MR) is 52.3 cm³/mol. The van der Waals surface area contributed by atoms with Crippen molar-refractivity contribution in [2.45, 2.75) is 11.3 Å². The average molecular weight is 234 g/mol. The van der Waals surface area contributed by atoms with Crippen LogP contribution in [-0.4, -0.2) is 14.3 Å². The second-order valence-electron chi connectivity index (χ2n) is 3.00. The van der Waals surface area contributed by atoms with Crippen molar-refractivity contribution < 1.29 is 13.2 Å². The Hall–Kier alpha value is -0.780. The zero-order valence-electron chi connectivity index (χ0n) is 7.16. The number of hydrogen-bond acceptors (Lipinski definition) is 3. The first-order valence-electron chi connectivity index (χ1n) is 3.96. The molecule has 6 heteroatoms. The molecule has 0 amide bonds. The van der Waals surface area contributed by atoms with E-state index in [1.165, 1.54) is 12.1 Å². The zero-order chi connectivity index (χ0) is 10.3. The number of nitrogens with two attached hydrogens (primary N) is 1. The fraction of sp³-hybridized carbons (Fsp3) is 0.250. The Labute approximate surface area is 86.7 Å². The van der Waals surface area contributed by atoms with Crippen LogP contribution in [0.15, 0.2) is 17.0 Å². The van der Waals surface area contributed by atoms with E-state index in [1.807, 2.05) is 0 Å². The van der Waals surface area contributed by atoms with E-state index in [9.17, 15) is 8.42 Å². The van der Waals surface area contributed by atoms with Crippen LogP contribution >= 0.6 is 11.6 Å². The molecule has 0 fully saturated rings. The summed E-state index contributed by atoms with van der Waals surface area (Å²) in [5.41, 5.74) is 0.793. The van der Waals surface area contributed by atoms with E-state index in [0.29, 0.717) is 18.1 Å². The Kier molecular flexibility index (Phi) is 2.17. The summed E-state index contributed by atoms with van der Waals surface area (Å²) in [6.07, 6.45) is 0.577. The van der Waals surface area contributed by atoms with Gasteiger partial charge in [-0.1, -0.05) is 0 Å². The number of sulfonamides is 1. The number of halogens is 1. The van der Waals surface area contributed by atoms with Crippen molar-refractivity contribution in [2.75, 3.05) is 5.88 Å². The van der Waals surface area contributed by atoms with Crippen LogP contribution in [0.3, 0.4) is 0 Å². The summed E-state index contributed by atoms with van der Waals surface area (Å²) < 4.78 is 27.2. The molecule has 76 valence electrons. The molecule has 0 spiro atoms. The maximum atomic E-state index is 11.1. The molecule has 1 heterocycles. The summed E-state index contributed by atoms with van der Waals surface area (Å²) in [5, 5.41) is 5.00. The van der Waals surface area contributed by atoms with Crippen molar-refractivity contribution in [3.05, 3.63) is 17.7 Å². The monoisotopic (exact) mass is 233 g/mol. The van der Waals surface area contributed by atoms with Gasteiger partial charge in [-0.3, -0.25) is 0 Å². The molecule has 0 aromatic heterocycles. The third-order valence-electron chi connectivity index (χ3n) is 1.97. The second-order valence-corrected chi connectivity index (χ2v) is 4.94. The number of fused-ring (bicyclic) bond motifs is 1. The molecule has 1 aliphatic rings. The van der Waals surface area contributed by atoms with Crippen LogP contribution in [0.25, 0.3) is 0 Å². The number of rotatable bonds is 3. The maximum Gasteiger partial charge on any atom is 0.238 e. The van der Waals surface area contributed by atoms with E-state index in [0.717, 1.165) is 11.3 Å². The van der Waals surface area contributed by atoms with Crippen LogP contribution in [0.1, 0.15) is 5.56 Å². The topological polar surface area (TPSA) is 72.7 Å². The summed E-state index contributed by atoms with van der Waals surface area (Å²) in [5.74, 6) is 1.74. The van der Waals surface area contributed by atoms with Gasteiger partial charge in [0.05, 0.1) is 4.90 Å². The Morgan fingerprint density at radius 2 is 2.14 bits per heavy atom. The van der Waals surface area contributed by atoms with Crippen molar-refractivity contribution in [1.29, 1.82) is 0 Å². The van der Waals surface area contributed by atoms with E-state index >= 15 is 0 Å². The van der Waals surface area contributed by atoms with E-state index in [-0.39, 0.29) is 4.90 Å². The standard InChI is InChI=1S/C8H8ClNO3S/c9-2-1-5-3-6(14(10,11)12)4-7-8(5)13-7/h3-4H,1-2H2,(H2,10,11,12). The lowest BCUT2D eigenvalue weighted by atomic mass is 10.2. The van der Waals surface area contributed by atoms with Crippen LogP contribution in [-0.2, 0) is 16.4 Å². The van der Waals surface area contributed by atoms with Gasteiger partial charge in [0.2, 0.25) is 10.0 Å². The lowest BCUT2D eigenvalue weighted by Gasteiger charge is -1.97. The summed E-state index contributed by atoms with van der Waals surface area (Å²) in [6.45, 7) is 0. The minimum absolute atomic E-state index is 0.0777. The number of ether oxygens (including phenoxy) is 1. The molecule has 0 bridgehead atoms. The molecule has 2 rings (SSSR count). The fourth-order valence-electron chi connectivity index (χ4n) is 1.26. The van der Waals surface area contributed by atoms with Crippen LogP contribution in [0, 0.1) is 0 Å². The van der Waals surface area contributed by atoms with Crippen molar-refractivity contribution in [1.82, 2.24) is 0 Å². The first-order chi connectivity index (χ1) is 6.52. The van der Waals surface area contributed by atoms with Crippen LogP contribution in [0.4, 0.5) is 0 Å². The third-order valence-corrected chi connectivity index (χ3v) is 3.05. The van der Waals surface area contributed by atoms with Crippen LogP contribution < -0.4 is 9.88 Å². The molecule has 0 saturated carbocycles. The van der Waals surface area contributed by atoms with Gasteiger partial charge in [-0.25, -0.2) is 13.6 Å². The van der Waals surface area contributed by atoms with Crippen molar-refractivity contribution in [2.24, 2.45) is 5.14 Å². The van der Waals surface area contributed by atoms with Gasteiger partial charge in [-0.15, -0.1) is 11.6 Å². The second kappa shape index (κ2) is 3.12. The lowest BCUT2D eigenvalue weighted by molar-refractivity contribution is 0.597. The molecular weight excluding hydrogens is 226 g/mol. The molecule has 14 heavy (non-hydrogen) atoms. The Morgan fingerprint density at radius 1 is 1.43 bits per heavy atom. The Morgan fingerprint density at radius 3 is 2.71 bits per heavy atom. The Balaban J connectivity index is 2.47. The van der Waals surface area contributed by atoms with Gasteiger partial charge in [-0.05, 0) is 12.5 Å².